The molecule has 0 unspecified atom stereocenters. The smallest absolute Gasteiger partial charge is 0.255 e. The predicted molar refractivity (Wildman–Crippen MR) is 104 cm³/mol. The Morgan fingerprint density at radius 2 is 2.10 bits per heavy atom. The molecule has 9 nitrogen and oxygen atoms in total. The first-order chi connectivity index (χ1) is 13.7. The topological polar surface area (TPSA) is 149 Å². The normalized spacial score (nSPS) is 15.9. The maximum Gasteiger partial charge on any atom is 0.255 e. The minimum Gasteiger partial charge on any atom is -0.493 e. The van der Waals surface area contributed by atoms with Gasteiger partial charge in [-0.1, -0.05) is 26.8 Å². The number of carbonyl (C=O) groups excluding carboxylic acids is 1. The number of nitrogens with one attached hydrogen (secondary N) is 1. The molecule has 1 aromatic heterocycles. The fraction of sp³-hybridized carbons (Fsp3) is 0.350. The van der Waals surface area contributed by atoms with Crippen LogP contribution >= 0.6 is 0 Å². The minimum atomic E-state index is -0.596. The Hall–Kier alpha value is -3.67. The van der Waals surface area contributed by atoms with Gasteiger partial charge < -0.3 is 25.7 Å². The van der Waals surface area contributed by atoms with Crippen molar-refractivity contribution < 1.29 is 19.0 Å². The molecule has 0 aliphatic carbocycles. The molecule has 5 N–H and O–H groups in total. The third kappa shape index (κ3) is 3.69. The molecule has 29 heavy (non-hydrogen) atoms. The van der Waals surface area contributed by atoms with E-state index in [9.17, 15) is 10.1 Å². The fourth-order valence-corrected chi connectivity index (χ4v) is 3.28. The van der Waals surface area contributed by atoms with Crippen molar-refractivity contribution in [1.29, 1.82) is 5.26 Å². The molecule has 3 rings (SSSR count). The zero-order valence-corrected chi connectivity index (χ0v) is 16.7. The summed E-state index contributed by atoms with van der Waals surface area (Å²) >= 11 is 0. The number of H-pyrrole nitrogens is 1. The second-order valence-corrected chi connectivity index (χ2v) is 7.66. The Labute approximate surface area is 168 Å². The number of hydrogen-bond acceptors (Lipinski definition) is 7. The van der Waals surface area contributed by atoms with Crippen LogP contribution < -0.4 is 25.7 Å². The molecule has 1 aliphatic rings. The maximum absolute atomic E-state index is 11.0. The number of allylic oxidation sites excluding steroid dienone is 1. The number of ether oxygens (including phenoxy) is 3. The monoisotopic (exact) mass is 397 g/mol. The van der Waals surface area contributed by atoms with Gasteiger partial charge in [-0.15, -0.1) is 5.10 Å². The number of carbonyl (C=O) groups is 1. The Bertz CT molecular complexity index is 1030. The molecule has 0 spiro atoms. The van der Waals surface area contributed by atoms with Gasteiger partial charge in [0.2, 0.25) is 11.8 Å². The number of rotatable bonds is 5. The second-order valence-electron chi connectivity index (χ2n) is 7.66. The Balaban J connectivity index is 2.15. The molecule has 1 aromatic carbocycles. The largest absolute Gasteiger partial charge is 0.493 e. The first-order valence-electron chi connectivity index (χ1n) is 8.92. The maximum atomic E-state index is 11.0. The minimum absolute atomic E-state index is 0.00461. The lowest BCUT2D eigenvalue weighted by atomic mass is 9.79. The van der Waals surface area contributed by atoms with Crippen LogP contribution in [0.4, 0.5) is 0 Å². The predicted octanol–water partition coefficient (Wildman–Crippen LogP) is 1.80. The highest BCUT2D eigenvalue weighted by atomic mass is 16.5. The van der Waals surface area contributed by atoms with Crippen molar-refractivity contribution in [3.8, 4) is 23.4 Å². The Kier molecular flexibility index (Phi) is 5.12. The van der Waals surface area contributed by atoms with Crippen LogP contribution in [0.5, 0.6) is 17.4 Å². The molecule has 0 radical (unpaired) electrons. The summed E-state index contributed by atoms with van der Waals surface area (Å²) < 4.78 is 16.4. The van der Waals surface area contributed by atoms with Crippen LogP contribution in [0.25, 0.3) is 0 Å². The molecule has 1 atom stereocenters. The van der Waals surface area contributed by atoms with Crippen molar-refractivity contribution in [3.05, 3.63) is 46.5 Å². The fourth-order valence-electron chi connectivity index (χ4n) is 3.28. The first-order valence-corrected chi connectivity index (χ1v) is 8.92. The third-order valence-corrected chi connectivity index (χ3v) is 4.58. The molecule has 2 heterocycles. The zero-order valence-electron chi connectivity index (χ0n) is 16.7. The molecular formula is C20H23N5O4. The molecular weight excluding hydrogens is 374 g/mol. The zero-order chi connectivity index (χ0) is 21.3. The van der Waals surface area contributed by atoms with E-state index in [0.29, 0.717) is 17.4 Å². The van der Waals surface area contributed by atoms with Gasteiger partial charge in [-0.25, -0.2) is 0 Å². The van der Waals surface area contributed by atoms with Crippen molar-refractivity contribution in [3.63, 3.8) is 0 Å². The quantitative estimate of drug-likeness (QED) is 0.696. The van der Waals surface area contributed by atoms with Crippen molar-refractivity contribution in [2.24, 2.45) is 11.5 Å². The number of nitriles is 1. The van der Waals surface area contributed by atoms with Gasteiger partial charge in [0.15, 0.2) is 18.1 Å². The summed E-state index contributed by atoms with van der Waals surface area (Å²) in [6.45, 7) is 5.83. The number of hydrogen-bond donors (Lipinski definition) is 3. The van der Waals surface area contributed by atoms with Crippen LogP contribution in [0.2, 0.25) is 0 Å². The number of aromatic amines is 1. The first kappa shape index (κ1) is 20.1. The lowest BCUT2D eigenvalue weighted by molar-refractivity contribution is -0.119. The van der Waals surface area contributed by atoms with E-state index in [1.54, 1.807) is 18.2 Å². The highest BCUT2D eigenvalue weighted by molar-refractivity contribution is 5.75. The average molecular weight is 397 g/mol. The van der Waals surface area contributed by atoms with E-state index in [1.807, 2.05) is 20.8 Å². The van der Waals surface area contributed by atoms with Crippen LogP contribution in [-0.2, 0) is 10.2 Å². The highest BCUT2D eigenvalue weighted by Crippen LogP contribution is 2.46. The summed E-state index contributed by atoms with van der Waals surface area (Å²) in [4.78, 5) is 11.0. The molecule has 0 saturated heterocycles. The number of fused-ring (bicyclic) bond motifs is 1. The number of methoxy groups -OCH3 is 1. The van der Waals surface area contributed by atoms with E-state index < -0.39 is 11.8 Å². The summed E-state index contributed by atoms with van der Waals surface area (Å²) in [7, 11) is 1.49. The summed E-state index contributed by atoms with van der Waals surface area (Å²) in [6, 6.07) is 7.34. The van der Waals surface area contributed by atoms with Crippen LogP contribution in [0.15, 0.2) is 29.7 Å². The van der Waals surface area contributed by atoms with Gasteiger partial charge in [0.25, 0.3) is 5.91 Å². The molecule has 1 amide bonds. The van der Waals surface area contributed by atoms with Crippen LogP contribution in [-0.4, -0.2) is 29.8 Å². The highest BCUT2D eigenvalue weighted by Gasteiger charge is 2.38. The van der Waals surface area contributed by atoms with E-state index in [0.717, 1.165) is 16.8 Å². The van der Waals surface area contributed by atoms with E-state index >= 15 is 0 Å². The van der Waals surface area contributed by atoms with E-state index in [2.05, 4.69) is 16.3 Å². The van der Waals surface area contributed by atoms with Crippen molar-refractivity contribution in [2.75, 3.05) is 13.7 Å². The van der Waals surface area contributed by atoms with Crippen molar-refractivity contribution >= 4 is 5.91 Å². The van der Waals surface area contributed by atoms with Gasteiger partial charge >= 0.3 is 0 Å². The summed E-state index contributed by atoms with van der Waals surface area (Å²) in [5.41, 5.74) is 13.5. The number of benzene rings is 1. The van der Waals surface area contributed by atoms with E-state index in [-0.39, 0.29) is 23.5 Å². The van der Waals surface area contributed by atoms with E-state index in [4.69, 9.17) is 25.7 Å². The van der Waals surface area contributed by atoms with Crippen LogP contribution in [0.1, 0.15) is 43.5 Å². The van der Waals surface area contributed by atoms with Gasteiger partial charge in [0.1, 0.15) is 11.6 Å². The Morgan fingerprint density at radius 1 is 1.38 bits per heavy atom. The average Bonchev–Trinajstić information content (AvgIpc) is 3.08. The van der Waals surface area contributed by atoms with Gasteiger partial charge in [0, 0.05) is 11.1 Å². The summed E-state index contributed by atoms with van der Waals surface area (Å²) in [5, 5.41) is 17.0. The standard InChI is InChI=1S/C20H23N5O4/c1-20(2,3)17-16-15(11(8-21)18(23)29-19(16)25-24-17)10-5-6-12(13(7-10)27-4)28-9-14(22)26/h5-7,15H,9,23H2,1-4H3,(H2,22,26)(H,24,25)/t15-/m0/s1. The molecule has 0 bridgehead atoms. The lowest BCUT2D eigenvalue weighted by Crippen LogP contribution is -2.24. The number of amides is 1. The van der Waals surface area contributed by atoms with Crippen LogP contribution in [0.3, 0.4) is 0 Å². The van der Waals surface area contributed by atoms with Gasteiger partial charge in [0.05, 0.1) is 18.6 Å². The van der Waals surface area contributed by atoms with Gasteiger partial charge in [-0.3, -0.25) is 9.89 Å². The van der Waals surface area contributed by atoms with Crippen LogP contribution in [0, 0.1) is 11.3 Å². The SMILES string of the molecule is COc1cc([C@H]2C(C#N)=C(N)Oc3n[nH]c(C(C)(C)C)c32)ccc1OCC(N)=O. The van der Waals surface area contributed by atoms with Gasteiger partial charge in [-0.05, 0) is 17.7 Å². The van der Waals surface area contributed by atoms with Crippen molar-refractivity contribution in [2.45, 2.75) is 32.1 Å². The summed E-state index contributed by atoms with van der Waals surface area (Å²) in [5.74, 6) is 0.000575. The molecule has 1 aliphatic heterocycles. The van der Waals surface area contributed by atoms with E-state index in [1.165, 1.54) is 7.11 Å². The second kappa shape index (κ2) is 7.39. The molecule has 0 saturated carbocycles. The lowest BCUT2D eigenvalue weighted by Gasteiger charge is -2.27. The summed E-state index contributed by atoms with van der Waals surface area (Å²) in [6.07, 6.45) is 0. The molecule has 152 valence electrons. The molecule has 2 aromatic rings. The number of nitrogens with zero attached hydrogens (tertiary/aromatic N) is 2. The molecule has 0 fully saturated rings. The number of nitrogens with two attached hydrogens (primary N) is 2. The number of aromatic nitrogens is 2. The Morgan fingerprint density at radius 3 is 2.69 bits per heavy atom. The molecule has 9 heteroatoms. The third-order valence-electron chi connectivity index (χ3n) is 4.58. The van der Waals surface area contributed by atoms with Crippen molar-refractivity contribution in [1.82, 2.24) is 10.2 Å². The number of primary amides is 1. The van der Waals surface area contributed by atoms with Gasteiger partial charge in [-0.2, -0.15) is 5.26 Å².